The van der Waals surface area contributed by atoms with E-state index in [9.17, 15) is 0 Å². The van der Waals surface area contributed by atoms with Crippen molar-refractivity contribution < 1.29 is 0 Å². The lowest BCUT2D eigenvalue weighted by Crippen LogP contribution is -2.41. The SMILES string of the molecule is CCNC(=NC)NC(C)CC. The Bertz CT molecular complexity index is 121. The first-order chi connectivity index (χ1) is 5.24. The summed E-state index contributed by atoms with van der Waals surface area (Å²) in [6.07, 6.45) is 1.12. The van der Waals surface area contributed by atoms with Crippen LogP contribution in [0.2, 0.25) is 0 Å². The molecule has 0 aliphatic heterocycles. The van der Waals surface area contributed by atoms with Crippen LogP contribution in [0.1, 0.15) is 27.2 Å². The Morgan fingerprint density at radius 2 is 2.09 bits per heavy atom. The van der Waals surface area contributed by atoms with Gasteiger partial charge in [-0.15, -0.1) is 0 Å². The summed E-state index contributed by atoms with van der Waals surface area (Å²) in [7, 11) is 1.79. The summed E-state index contributed by atoms with van der Waals surface area (Å²) in [5.74, 6) is 0.891. The molecule has 0 aromatic rings. The molecule has 0 heterocycles. The van der Waals surface area contributed by atoms with Crippen molar-refractivity contribution in [2.45, 2.75) is 33.2 Å². The molecule has 0 bridgehead atoms. The van der Waals surface area contributed by atoms with Crippen LogP contribution in [-0.2, 0) is 0 Å². The second kappa shape index (κ2) is 6.01. The van der Waals surface area contributed by atoms with E-state index in [2.05, 4.69) is 36.4 Å². The minimum Gasteiger partial charge on any atom is -0.357 e. The third-order valence-corrected chi connectivity index (χ3v) is 1.56. The summed E-state index contributed by atoms with van der Waals surface area (Å²) >= 11 is 0. The van der Waals surface area contributed by atoms with E-state index in [4.69, 9.17) is 0 Å². The van der Waals surface area contributed by atoms with Crippen LogP contribution < -0.4 is 10.6 Å². The average Bonchev–Trinajstić information content (AvgIpc) is 2.03. The molecule has 66 valence electrons. The maximum atomic E-state index is 4.06. The highest BCUT2D eigenvalue weighted by atomic mass is 15.2. The largest absolute Gasteiger partial charge is 0.357 e. The number of hydrogen-bond acceptors (Lipinski definition) is 1. The van der Waals surface area contributed by atoms with Crippen molar-refractivity contribution in [2.75, 3.05) is 13.6 Å². The highest BCUT2D eigenvalue weighted by molar-refractivity contribution is 5.79. The van der Waals surface area contributed by atoms with Gasteiger partial charge < -0.3 is 10.6 Å². The molecule has 0 spiro atoms. The molecule has 0 aromatic heterocycles. The standard InChI is InChI=1S/C8H19N3/c1-5-7(3)11-8(9-4)10-6-2/h7H,5-6H2,1-4H3,(H2,9,10,11). The first-order valence-corrected chi connectivity index (χ1v) is 4.21. The molecule has 2 N–H and O–H groups in total. The van der Waals surface area contributed by atoms with Gasteiger partial charge in [0.15, 0.2) is 5.96 Å². The summed E-state index contributed by atoms with van der Waals surface area (Å²) in [5, 5.41) is 6.39. The maximum absolute atomic E-state index is 4.06. The van der Waals surface area contributed by atoms with Crippen LogP contribution in [0.4, 0.5) is 0 Å². The zero-order valence-electron chi connectivity index (χ0n) is 7.94. The van der Waals surface area contributed by atoms with Crippen molar-refractivity contribution in [1.82, 2.24) is 10.6 Å². The van der Waals surface area contributed by atoms with E-state index >= 15 is 0 Å². The van der Waals surface area contributed by atoms with Crippen molar-refractivity contribution in [3.63, 3.8) is 0 Å². The fourth-order valence-electron chi connectivity index (χ4n) is 0.698. The van der Waals surface area contributed by atoms with E-state index < -0.39 is 0 Å². The highest BCUT2D eigenvalue weighted by Gasteiger charge is 1.99. The van der Waals surface area contributed by atoms with Crippen molar-refractivity contribution in [1.29, 1.82) is 0 Å². The third-order valence-electron chi connectivity index (χ3n) is 1.56. The van der Waals surface area contributed by atoms with Gasteiger partial charge in [0.05, 0.1) is 0 Å². The maximum Gasteiger partial charge on any atom is 0.191 e. The molecule has 0 radical (unpaired) electrons. The first-order valence-electron chi connectivity index (χ1n) is 4.21. The fraction of sp³-hybridized carbons (Fsp3) is 0.875. The van der Waals surface area contributed by atoms with E-state index in [0.717, 1.165) is 18.9 Å². The van der Waals surface area contributed by atoms with Crippen LogP contribution in [0, 0.1) is 0 Å². The number of guanidine groups is 1. The van der Waals surface area contributed by atoms with Gasteiger partial charge in [0.1, 0.15) is 0 Å². The minimum atomic E-state index is 0.493. The van der Waals surface area contributed by atoms with Gasteiger partial charge in [0, 0.05) is 19.6 Å². The van der Waals surface area contributed by atoms with Crippen LogP contribution in [-0.4, -0.2) is 25.6 Å². The van der Waals surface area contributed by atoms with Gasteiger partial charge in [-0.2, -0.15) is 0 Å². The van der Waals surface area contributed by atoms with Gasteiger partial charge in [0.25, 0.3) is 0 Å². The van der Waals surface area contributed by atoms with Gasteiger partial charge in [-0.1, -0.05) is 6.92 Å². The number of rotatable bonds is 3. The molecule has 0 fully saturated rings. The Balaban J connectivity index is 3.69. The van der Waals surface area contributed by atoms with Crippen LogP contribution >= 0.6 is 0 Å². The molecular weight excluding hydrogens is 138 g/mol. The number of nitrogens with one attached hydrogen (secondary N) is 2. The molecule has 0 aliphatic rings. The van der Waals surface area contributed by atoms with Crippen LogP contribution in [0.5, 0.6) is 0 Å². The molecule has 0 saturated carbocycles. The monoisotopic (exact) mass is 157 g/mol. The van der Waals surface area contributed by atoms with Gasteiger partial charge in [0.2, 0.25) is 0 Å². The molecule has 0 rings (SSSR count). The number of nitrogens with zero attached hydrogens (tertiary/aromatic N) is 1. The molecular formula is C8H19N3. The van der Waals surface area contributed by atoms with Crippen molar-refractivity contribution in [2.24, 2.45) is 4.99 Å². The van der Waals surface area contributed by atoms with Gasteiger partial charge >= 0.3 is 0 Å². The Morgan fingerprint density at radius 1 is 1.45 bits per heavy atom. The lowest BCUT2D eigenvalue weighted by molar-refractivity contribution is 0.626. The summed E-state index contributed by atoms with van der Waals surface area (Å²) in [6, 6.07) is 0.493. The lowest BCUT2D eigenvalue weighted by Gasteiger charge is -2.15. The minimum absolute atomic E-state index is 0.493. The van der Waals surface area contributed by atoms with E-state index in [1.807, 2.05) is 0 Å². The molecule has 0 aliphatic carbocycles. The van der Waals surface area contributed by atoms with Crippen LogP contribution in [0.3, 0.4) is 0 Å². The molecule has 11 heavy (non-hydrogen) atoms. The second-order valence-electron chi connectivity index (χ2n) is 2.56. The number of hydrogen-bond donors (Lipinski definition) is 2. The normalized spacial score (nSPS) is 14.4. The quantitative estimate of drug-likeness (QED) is 0.473. The molecule has 0 amide bonds. The molecule has 1 atom stereocenters. The molecule has 3 heteroatoms. The number of aliphatic imine (C=N–C) groups is 1. The first kappa shape index (κ1) is 10.3. The van der Waals surface area contributed by atoms with E-state index in [1.165, 1.54) is 0 Å². The zero-order valence-corrected chi connectivity index (χ0v) is 7.94. The third kappa shape index (κ3) is 4.65. The van der Waals surface area contributed by atoms with Crippen molar-refractivity contribution >= 4 is 5.96 Å². The van der Waals surface area contributed by atoms with Crippen molar-refractivity contribution in [3.8, 4) is 0 Å². The van der Waals surface area contributed by atoms with Crippen LogP contribution in [0.25, 0.3) is 0 Å². The lowest BCUT2D eigenvalue weighted by atomic mass is 10.3. The van der Waals surface area contributed by atoms with Gasteiger partial charge in [-0.3, -0.25) is 4.99 Å². The van der Waals surface area contributed by atoms with E-state index in [0.29, 0.717) is 6.04 Å². The van der Waals surface area contributed by atoms with Crippen molar-refractivity contribution in [3.05, 3.63) is 0 Å². The van der Waals surface area contributed by atoms with Crippen LogP contribution in [0.15, 0.2) is 4.99 Å². The molecule has 0 aromatic carbocycles. The van der Waals surface area contributed by atoms with E-state index in [1.54, 1.807) is 7.05 Å². The Hall–Kier alpha value is -0.730. The van der Waals surface area contributed by atoms with Gasteiger partial charge in [-0.05, 0) is 20.3 Å². The topological polar surface area (TPSA) is 36.4 Å². The molecule has 0 saturated heterocycles. The molecule has 3 nitrogen and oxygen atoms in total. The predicted octanol–water partition coefficient (Wildman–Crippen LogP) is 0.970. The highest BCUT2D eigenvalue weighted by Crippen LogP contribution is 1.86. The molecule has 1 unspecified atom stereocenters. The summed E-state index contributed by atoms with van der Waals surface area (Å²) in [6.45, 7) is 7.26. The summed E-state index contributed by atoms with van der Waals surface area (Å²) in [5.41, 5.74) is 0. The Morgan fingerprint density at radius 3 is 2.45 bits per heavy atom. The smallest absolute Gasteiger partial charge is 0.191 e. The van der Waals surface area contributed by atoms with E-state index in [-0.39, 0.29) is 0 Å². The summed E-state index contributed by atoms with van der Waals surface area (Å²) in [4.78, 5) is 4.06. The fourth-order valence-corrected chi connectivity index (χ4v) is 0.698. The second-order valence-corrected chi connectivity index (χ2v) is 2.56. The Kier molecular flexibility index (Phi) is 5.61. The average molecular weight is 157 g/mol. The van der Waals surface area contributed by atoms with Gasteiger partial charge in [-0.25, -0.2) is 0 Å². The predicted molar refractivity (Wildman–Crippen MR) is 49.9 cm³/mol. The summed E-state index contributed by atoms with van der Waals surface area (Å²) < 4.78 is 0. The zero-order chi connectivity index (χ0) is 8.69. The Labute approximate surface area is 69.3 Å².